The van der Waals surface area contributed by atoms with Crippen molar-refractivity contribution >= 4 is 24.6 Å². The van der Waals surface area contributed by atoms with Crippen molar-refractivity contribution in [1.29, 1.82) is 0 Å². The highest BCUT2D eigenvalue weighted by Gasteiger charge is 2.23. The molecule has 0 aliphatic carbocycles. The number of hydrogen-bond acceptors (Lipinski definition) is 9. The quantitative estimate of drug-likeness (QED) is 0.524. The molecular weight excluding hydrogens is 409 g/mol. The molecule has 2 aromatic heterocycles. The van der Waals surface area contributed by atoms with Crippen molar-refractivity contribution in [2.45, 2.75) is 58.5 Å². The van der Waals surface area contributed by atoms with Gasteiger partial charge in [0.15, 0.2) is 17.8 Å². The summed E-state index contributed by atoms with van der Waals surface area (Å²) in [4.78, 5) is 12.5. The number of fused-ring (bicyclic) bond motifs is 1. The van der Waals surface area contributed by atoms with Crippen LogP contribution in [0.3, 0.4) is 0 Å². The molecule has 0 aromatic carbocycles. The minimum Gasteiger partial charge on any atom is -0.382 e. The van der Waals surface area contributed by atoms with E-state index in [0.717, 1.165) is 19.3 Å². The smallest absolute Gasteiger partial charge is 0.353 e. The van der Waals surface area contributed by atoms with Gasteiger partial charge in [-0.25, -0.2) is 15.0 Å². The third kappa shape index (κ3) is 6.09. The van der Waals surface area contributed by atoms with Gasteiger partial charge >= 0.3 is 7.60 Å². The molecule has 30 heavy (non-hydrogen) atoms. The van der Waals surface area contributed by atoms with E-state index in [1.807, 2.05) is 4.57 Å². The van der Waals surface area contributed by atoms with Gasteiger partial charge in [-0.2, -0.15) is 0 Å². The van der Waals surface area contributed by atoms with E-state index in [1.165, 1.54) is 12.1 Å². The Morgan fingerprint density at radius 1 is 1.30 bits per heavy atom. The molecule has 2 aromatic rings. The molecule has 1 aliphatic heterocycles. The first kappa shape index (κ1) is 22.8. The predicted molar refractivity (Wildman–Crippen MR) is 113 cm³/mol. The lowest BCUT2D eigenvalue weighted by Crippen LogP contribution is -2.27. The zero-order valence-corrected chi connectivity index (χ0v) is 18.4. The molecular formula is C19H30N5O5P. The number of aryl methyl sites for hydroxylation is 1. The minimum atomic E-state index is -3.31. The summed E-state index contributed by atoms with van der Waals surface area (Å²) in [6.07, 6.45) is 7.71. The Labute approximate surface area is 176 Å². The SMILES string of the molecule is CCOP(=O)(/C=C/[C@@H](CCn1cnc2c(N)ncnc21)O[C@H]1CCCCO1)OCC. The van der Waals surface area contributed by atoms with Crippen LogP contribution in [0.15, 0.2) is 24.5 Å². The van der Waals surface area contributed by atoms with Crippen molar-refractivity contribution < 1.29 is 23.1 Å². The fourth-order valence-corrected chi connectivity index (χ4v) is 4.61. The first-order valence-corrected chi connectivity index (χ1v) is 11.9. The van der Waals surface area contributed by atoms with Crippen molar-refractivity contribution in [3.63, 3.8) is 0 Å². The molecule has 0 spiro atoms. The third-order valence-corrected chi connectivity index (χ3v) is 6.42. The van der Waals surface area contributed by atoms with Gasteiger partial charge in [-0.15, -0.1) is 0 Å². The van der Waals surface area contributed by atoms with Crippen LogP contribution in [0.5, 0.6) is 0 Å². The molecule has 10 nitrogen and oxygen atoms in total. The van der Waals surface area contributed by atoms with E-state index >= 15 is 0 Å². The standard InChI is InChI=1S/C19H30N5O5P/c1-3-27-30(25,28-4-2)12-9-15(29-16-7-5-6-11-26-16)8-10-24-14-23-17-18(20)21-13-22-19(17)24/h9,12-16H,3-8,10-11H2,1-2H3,(H2,20,21,22)/b12-9+/t15-,16+/m1/s1. The lowest BCUT2D eigenvalue weighted by atomic mass is 10.2. The van der Waals surface area contributed by atoms with Gasteiger partial charge in [-0.1, -0.05) is 0 Å². The molecule has 2 atom stereocenters. The van der Waals surface area contributed by atoms with Crippen LogP contribution in [-0.2, 0) is 29.6 Å². The Bertz CT molecular complexity index is 873. The summed E-state index contributed by atoms with van der Waals surface area (Å²) < 4.78 is 37.2. The molecule has 1 aliphatic rings. The number of aromatic nitrogens is 4. The maximum atomic E-state index is 12.8. The van der Waals surface area contributed by atoms with Crippen molar-refractivity contribution in [3.05, 3.63) is 24.5 Å². The predicted octanol–water partition coefficient (Wildman–Crippen LogP) is 3.49. The number of anilines is 1. The summed E-state index contributed by atoms with van der Waals surface area (Å²) in [5, 5.41) is 0. The molecule has 1 saturated heterocycles. The number of nitrogens with two attached hydrogens (primary N) is 1. The Hall–Kier alpha value is -1.84. The monoisotopic (exact) mass is 439 g/mol. The van der Waals surface area contributed by atoms with Gasteiger partial charge in [0, 0.05) is 19.0 Å². The second-order valence-electron chi connectivity index (χ2n) is 6.85. The number of ether oxygens (including phenoxy) is 2. The van der Waals surface area contributed by atoms with Crippen molar-refractivity contribution in [2.24, 2.45) is 0 Å². The average Bonchev–Trinajstić information content (AvgIpc) is 3.16. The second kappa shape index (κ2) is 11.0. The molecule has 0 bridgehead atoms. The largest absolute Gasteiger partial charge is 0.382 e. The summed E-state index contributed by atoms with van der Waals surface area (Å²) >= 11 is 0. The summed E-state index contributed by atoms with van der Waals surface area (Å²) in [6.45, 7) is 5.40. The maximum Gasteiger partial charge on any atom is 0.353 e. The lowest BCUT2D eigenvalue weighted by molar-refractivity contribution is -0.179. The number of imidazole rings is 1. The molecule has 0 amide bonds. The fourth-order valence-electron chi connectivity index (χ4n) is 3.24. The summed E-state index contributed by atoms with van der Waals surface area (Å²) in [5.74, 6) is 1.83. The van der Waals surface area contributed by atoms with Crippen molar-refractivity contribution in [3.8, 4) is 0 Å². The topological polar surface area (TPSA) is 124 Å². The summed E-state index contributed by atoms with van der Waals surface area (Å²) in [6, 6.07) is 0. The highest BCUT2D eigenvalue weighted by Crippen LogP contribution is 2.49. The van der Waals surface area contributed by atoms with Crippen LogP contribution in [0.1, 0.15) is 39.5 Å². The zero-order chi connectivity index (χ0) is 21.4. The molecule has 3 rings (SSSR count). The van der Waals surface area contributed by atoms with Crippen LogP contribution in [0, 0.1) is 0 Å². The van der Waals surface area contributed by atoms with E-state index in [4.69, 9.17) is 24.3 Å². The Morgan fingerprint density at radius 2 is 2.10 bits per heavy atom. The van der Waals surface area contributed by atoms with E-state index in [0.29, 0.717) is 49.8 Å². The first-order chi connectivity index (χ1) is 14.5. The number of rotatable bonds is 11. The summed E-state index contributed by atoms with van der Waals surface area (Å²) in [7, 11) is -3.31. The molecule has 1 fully saturated rings. The maximum absolute atomic E-state index is 12.8. The number of hydrogen-bond donors (Lipinski definition) is 1. The van der Waals surface area contributed by atoms with E-state index in [1.54, 1.807) is 26.3 Å². The van der Waals surface area contributed by atoms with Crippen LogP contribution in [-0.4, -0.2) is 51.7 Å². The molecule has 166 valence electrons. The number of nitrogen functional groups attached to an aromatic ring is 1. The van der Waals surface area contributed by atoms with Crippen LogP contribution in [0.2, 0.25) is 0 Å². The van der Waals surface area contributed by atoms with Gasteiger partial charge in [0.2, 0.25) is 0 Å². The molecule has 0 unspecified atom stereocenters. The van der Waals surface area contributed by atoms with Crippen molar-refractivity contribution in [1.82, 2.24) is 19.5 Å². The van der Waals surface area contributed by atoms with E-state index in [9.17, 15) is 4.57 Å². The van der Waals surface area contributed by atoms with Crippen LogP contribution in [0.25, 0.3) is 11.2 Å². The fraction of sp³-hybridized carbons (Fsp3) is 0.632. The average molecular weight is 439 g/mol. The highest BCUT2D eigenvalue weighted by molar-refractivity contribution is 7.57. The van der Waals surface area contributed by atoms with E-state index < -0.39 is 7.60 Å². The van der Waals surface area contributed by atoms with E-state index in [2.05, 4.69) is 15.0 Å². The van der Waals surface area contributed by atoms with E-state index in [-0.39, 0.29) is 12.4 Å². The van der Waals surface area contributed by atoms with Gasteiger partial charge in [0.25, 0.3) is 0 Å². The van der Waals surface area contributed by atoms with Crippen LogP contribution >= 0.6 is 7.60 Å². The first-order valence-electron chi connectivity index (χ1n) is 10.3. The third-order valence-electron chi connectivity index (χ3n) is 4.65. The lowest BCUT2D eigenvalue weighted by Gasteiger charge is -2.26. The summed E-state index contributed by atoms with van der Waals surface area (Å²) in [5.41, 5.74) is 7.09. The zero-order valence-electron chi connectivity index (χ0n) is 17.5. The van der Waals surface area contributed by atoms with Gasteiger partial charge < -0.3 is 28.8 Å². The van der Waals surface area contributed by atoms with Crippen LogP contribution in [0.4, 0.5) is 5.82 Å². The Balaban J connectivity index is 1.73. The molecule has 3 heterocycles. The Morgan fingerprint density at radius 3 is 2.80 bits per heavy atom. The van der Waals surface area contributed by atoms with Gasteiger partial charge in [0.05, 0.1) is 25.6 Å². The minimum absolute atomic E-state index is 0.288. The van der Waals surface area contributed by atoms with Crippen molar-refractivity contribution in [2.75, 3.05) is 25.6 Å². The van der Waals surface area contributed by atoms with Crippen LogP contribution < -0.4 is 5.73 Å². The van der Waals surface area contributed by atoms with Gasteiger partial charge in [0.1, 0.15) is 11.8 Å². The number of nitrogens with zero attached hydrogens (tertiary/aromatic N) is 4. The normalized spacial score (nSPS) is 18.9. The molecule has 0 saturated carbocycles. The highest BCUT2D eigenvalue weighted by atomic mass is 31.2. The molecule has 2 N–H and O–H groups in total. The van der Waals surface area contributed by atoms with Gasteiger partial charge in [-0.05, 0) is 45.6 Å². The second-order valence-corrected chi connectivity index (χ2v) is 8.74. The van der Waals surface area contributed by atoms with Gasteiger partial charge in [-0.3, -0.25) is 4.57 Å². The molecule has 0 radical (unpaired) electrons. The Kier molecular flexibility index (Phi) is 8.35. The molecule has 11 heteroatoms.